The van der Waals surface area contributed by atoms with Gasteiger partial charge in [-0.25, -0.2) is 0 Å². The second kappa shape index (κ2) is 1.96. The highest BCUT2D eigenvalue weighted by atomic mass is 16.5. The van der Waals surface area contributed by atoms with Crippen LogP contribution in [0.3, 0.4) is 0 Å². The van der Waals surface area contributed by atoms with Crippen molar-refractivity contribution in [3.63, 3.8) is 0 Å². The van der Waals surface area contributed by atoms with E-state index in [9.17, 15) is 0 Å². The van der Waals surface area contributed by atoms with Crippen LogP contribution >= 0.6 is 0 Å². The molecule has 2 aliphatic rings. The van der Waals surface area contributed by atoms with Gasteiger partial charge in [0.15, 0.2) is 0 Å². The van der Waals surface area contributed by atoms with Gasteiger partial charge < -0.3 is 10.1 Å². The maximum atomic E-state index is 5.48. The predicted molar refractivity (Wildman–Crippen MR) is 35.3 cm³/mol. The average molecular weight is 127 g/mol. The van der Waals surface area contributed by atoms with Gasteiger partial charge >= 0.3 is 0 Å². The molecule has 1 saturated heterocycles. The lowest BCUT2D eigenvalue weighted by Crippen LogP contribution is -2.59. The highest BCUT2D eigenvalue weighted by Gasteiger charge is 2.40. The van der Waals surface area contributed by atoms with Crippen LogP contribution in [0.2, 0.25) is 0 Å². The van der Waals surface area contributed by atoms with Crippen molar-refractivity contribution in [2.24, 2.45) is 5.92 Å². The van der Waals surface area contributed by atoms with Crippen LogP contribution in [0, 0.1) is 5.92 Å². The van der Waals surface area contributed by atoms with Crippen LogP contribution in [0.4, 0.5) is 0 Å². The molecule has 52 valence electrons. The van der Waals surface area contributed by atoms with Gasteiger partial charge in [-0.2, -0.15) is 0 Å². The number of ether oxygens (including phenoxy) is 1. The molecule has 0 spiro atoms. The molecule has 0 aromatic heterocycles. The quantitative estimate of drug-likeness (QED) is 0.508. The Kier molecular flexibility index (Phi) is 1.24. The molecule has 3 atom stereocenters. The first-order chi connectivity index (χ1) is 4.38. The molecule has 2 nitrogen and oxygen atoms in total. The third-order valence-electron chi connectivity index (χ3n) is 2.43. The van der Waals surface area contributed by atoms with Gasteiger partial charge in [-0.1, -0.05) is 6.92 Å². The molecule has 9 heavy (non-hydrogen) atoms. The van der Waals surface area contributed by atoms with Crippen LogP contribution in [0.5, 0.6) is 0 Å². The molecule has 1 aliphatic heterocycles. The van der Waals surface area contributed by atoms with Crippen molar-refractivity contribution in [3.05, 3.63) is 0 Å². The number of hydrogen-bond donors (Lipinski definition) is 1. The maximum Gasteiger partial charge on any atom is 0.0734 e. The molecule has 1 heterocycles. The van der Waals surface area contributed by atoms with Gasteiger partial charge in [0, 0.05) is 12.6 Å². The summed E-state index contributed by atoms with van der Waals surface area (Å²) in [5.74, 6) is 0.843. The molecular formula is C7H13NO. The summed E-state index contributed by atoms with van der Waals surface area (Å²) in [7, 11) is 0. The Labute approximate surface area is 55.6 Å². The first-order valence-corrected chi connectivity index (χ1v) is 3.73. The minimum atomic E-state index is 0.550. The number of nitrogens with one attached hydrogen (secondary N) is 1. The van der Waals surface area contributed by atoms with Gasteiger partial charge in [0.05, 0.1) is 12.7 Å². The standard InChI is InChI=1S/C7H13NO/c1-5-4-6-7(5)8-2-3-9-6/h5-8H,2-4H2,1H3/t5-,6+,7-/m0/s1. The van der Waals surface area contributed by atoms with E-state index >= 15 is 0 Å². The molecule has 0 radical (unpaired) electrons. The van der Waals surface area contributed by atoms with Crippen molar-refractivity contribution in [2.75, 3.05) is 13.2 Å². The zero-order valence-electron chi connectivity index (χ0n) is 5.76. The van der Waals surface area contributed by atoms with Crippen molar-refractivity contribution in [2.45, 2.75) is 25.5 Å². The van der Waals surface area contributed by atoms with Gasteiger partial charge in [0.25, 0.3) is 0 Å². The van der Waals surface area contributed by atoms with Crippen LogP contribution in [-0.4, -0.2) is 25.3 Å². The number of rotatable bonds is 0. The summed E-state index contributed by atoms with van der Waals surface area (Å²) in [5.41, 5.74) is 0. The molecule has 0 aromatic carbocycles. The van der Waals surface area contributed by atoms with Gasteiger partial charge in [0.2, 0.25) is 0 Å². The highest BCUT2D eigenvalue weighted by molar-refractivity contribution is 4.95. The minimum absolute atomic E-state index is 0.550. The number of hydrogen-bond acceptors (Lipinski definition) is 2. The lowest BCUT2D eigenvalue weighted by molar-refractivity contribution is -0.0853. The Morgan fingerprint density at radius 1 is 1.56 bits per heavy atom. The van der Waals surface area contributed by atoms with Gasteiger partial charge in [-0.3, -0.25) is 0 Å². The number of fused-ring (bicyclic) bond motifs is 1. The Morgan fingerprint density at radius 2 is 2.44 bits per heavy atom. The summed E-state index contributed by atoms with van der Waals surface area (Å²) >= 11 is 0. The fourth-order valence-corrected chi connectivity index (χ4v) is 1.77. The van der Waals surface area contributed by atoms with E-state index < -0.39 is 0 Å². The second-order valence-electron chi connectivity index (χ2n) is 3.10. The largest absolute Gasteiger partial charge is 0.375 e. The van der Waals surface area contributed by atoms with Gasteiger partial charge in [0.1, 0.15) is 0 Å². The van der Waals surface area contributed by atoms with Crippen LogP contribution < -0.4 is 5.32 Å². The fourth-order valence-electron chi connectivity index (χ4n) is 1.77. The van der Waals surface area contributed by atoms with Crippen molar-refractivity contribution < 1.29 is 4.74 Å². The Hall–Kier alpha value is -0.0800. The van der Waals surface area contributed by atoms with E-state index in [1.54, 1.807) is 0 Å². The van der Waals surface area contributed by atoms with Gasteiger partial charge in [-0.05, 0) is 12.3 Å². The second-order valence-corrected chi connectivity index (χ2v) is 3.10. The van der Waals surface area contributed by atoms with E-state index in [4.69, 9.17) is 4.74 Å². The van der Waals surface area contributed by atoms with E-state index in [0.717, 1.165) is 19.1 Å². The van der Waals surface area contributed by atoms with Crippen molar-refractivity contribution >= 4 is 0 Å². The monoisotopic (exact) mass is 127 g/mol. The Balaban J connectivity index is 1.94. The SMILES string of the molecule is C[C@H]1C[C@H]2OCCN[C@@H]12. The summed E-state index contributed by atoms with van der Waals surface area (Å²) in [5, 5.41) is 3.44. The topological polar surface area (TPSA) is 21.3 Å². The maximum absolute atomic E-state index is 5.48. The third-order valence-corrected chi connectivity index (χ3v) is 2.43. The summed E-state index contributed by atoms with van der Waals surface area (Å²) in [4.78, 5) is 0. The molecule has 1 N–H and O–H groups in total. The first-order valence-electron chi connectivity index (χ1n) is 3.73. The summed E-state index contributed by atoms with van der Waals surface area (Å²) in [6.07, 6.45) is 1.81. The lowest BCUT2D eigenvalue weighted by atomic mass is 9.77. The normalized spacial score (nSPS) is 49.7. The molecule has 0 bridgehead atoms. The smallest absolute Gasteiger partial charge is 0.0734 e. The average Bonchev–Trinajstić information content (AvgIpc) is 1.86. The number of morpholine rings is 1. The minimum Gasteiger partial charge on any atom is -0.375 e. The molecule has 2 rings (SSSR count). The fraction of sp³-hybridized carbons (Fsp3) is 1.00. The van der Waals surface area contributed by atoms with Crippen LogP contribution in [0.1, 0.15) is 13.3 Å². The molecular weight excluding hydrogens is 114 g/mol. The molecule has 2 fully saturated rings. The zero-order valence-corrected chi connectivity index (χ0v) is 5.76. The molecule has 0 unspecified atom stereocenters. The van der Waals surface area contributed by atoms with Crippen LogP contribution in [-0.2, 0) is 4.74 Å². The molecule has 2 heteroatoms. The van der Waals surface area contributed by atoms with E-state index in [1.807, 2.05) is 0 Å². The van der Waals surface area contributed by atoms with Gasteiger partial charge in [-0.15, -0.1) is 0 Å². The summed E-state index contributed by atoms with van der Waals surface area (Å²) < 4.78 is 5.48. The first kappa shape index (κ1) is 5.69. The zero-order chi connectivity index (χ0) is 6.27. The molecule has 1 aliphatic carbocycles. The van der Waals surface area contributed by atoms with Crippen molar-refractivity contribution in [1.82, 2.24) is 5.32 Å². The Morgan fingerprint density at radius 3 is 3.00 bits per heavy atom. The van der Waals surface area contributed by atoms with Crippen molar-refractivity contribution in [1.29, 1.82) is 0 Å². The highest BCUT2D eigenvalue weighted by Crippen LogP contribution is 2.31. The molecule has 0 aromatic rings. The predicted octanol–water partition coefficient (Wildman–Crippen LogP) is 0.383. The summed E-state index contributed by atoms with van der Waals surface area (Å²) in [6.45, 7) is 4.24. The Bertz CT molecular complexity index is 113. The lowest BCUT2D eigenvalue weighted by Gasteiger charge is -2.46. The van der Waals surface area contributed by atoms with Crippen LogP contribution in [0.25, 0.3) is 0 Å². The van der Waals surface area contributed by atoms with Crippen molar-refractivity contribution in [3.8, 4) is 0 Å². The van der Waals surface area contributed by atoms with E-state index in [1.165, 1.54) is 6.42 Å². The third kappa shape index (κ3) is 0.775. The van der Waals surface area contributed by atoms with Crippen LogP contribution in [0.15, 0.2) is 0 Å². The van der Waals surface area contributed by atoms with E-state index in [-0.39, 0.29) is 0 Å². The molecule has 0 amide bonds. The van der Waals surface area contributed by atoms with E-state index in [0.29, 0.717) is 12.1 Å². The summed E-state index contributed by atoms with van der Waals surface area (Å²) in [6, 6.07) is 0.679. The van der Waals surface area contributed by atoms with E-state index in [2.05, 4.69) is 12.2 Å². The molecule has 1 saturated carbocycles.